The van der Waals surface area contributed by atoms with Gasteiger partial charge in [0.25, 0.3) is 5.91 Å². The zero-order chi connectivity index (χ0) is 23.8. The van der Waals surface area contributed by atoms with Crippen molar-refractivity contribution in [3.05, 3.63) is 56.8 Å². The number of unbranched alkanes of at least 4 members (excludes halogenated alkanes) is 1. The Kier molecular flexibility index (Phi) is 6.83. The number of piperazine rings is 1. The van der Waals surface area contributed by atoms with Crippen molar-refractivity contribution < 1.29 is 4.79 Å². The molecule has 1 saturated heterocycles. The van der Waals surface area contributed by atoms with Gasteiger partial charge in [0.1, 0.15) is 0 Å². The molecule has 1 aromatic carbocycles. The summed E-state index contributed by atoms with van der Waals surface area (Å²) in [5.74, 6) is 0.579. The smallest absolute Gasteiger partial charge is 0.254 e. The van der Waals surface area contributed by atoms with Crippen LogP contribution in [0.25, 0.3) is 11.0 Å². The average Bonchev–Trinajstić information content (AvgIpc) is 3.64. The van der Waals surface area contributed by atoms with Crippen LogP contribution < -0.4 is 0 Å². The van der Waals surface area contributed by atoms with Crippen LogP contribution in [0, 0.1) is 6.92 Å². The van der Waals surface area contributed by atoms with E-state index in [4.69, 9.17) is 33.3 Å². The number of rotatable bonds is 7. The number of hydrogen-bond donors (Lipinski definition) is 0. The monoisotopic (exact) mass is 499 g/mol. The van der Waals surface area contributed by atoms with Crippen LogP contribution >= 0.6 is 23.2 Å². The molecule has 2 fully saturated rings. The summed E-state index contributed by atoms with van der Waals surface area (Å²) in [5, 5.41) is 6.84. The van der Waals surface area contributed by atoms with E-state index in [9.17, 15) is 4.79 Å². The molecular weight excluding hydrogens is 469 g/mol. The third-order valence-electron chi connectivity index (χ3n) is 6.90. The van der Waals surface area contributed by atoms with Gasteiger partial charge in [-0.1, -0.05) is 42.6 Å². The summed E-state index contributed by atoms with van der Waals surface area (Å²) in [6.07, 6.45) is 4.46. The number of nitrogens with zero attached hydrogens (tertiary/aromatic N) is 5. The standard InChI is InChI=1S/C26H31Cl2N5O/c1-3-4-9-33-25-24(17(2)30-33)20(15-23(29-25)19-6-7-19)26(34)32-12-10-31(11-13-32)16-18-5-8-21(27)22(28)14-18/h5,8,14-15,19H,3-4,6-7,9-13,16H2,1-2H3. The Hall–Kier alpha value is -2.15. The van der Waals surface area contributed by atoms with Gasteiger partial charge in [0.2, 0.25) is 0 Å². The third-order valence-corrected chi connectivity index (χ3v) is 7.64. The molecule has 3 heterocycles. The van der Waals surface area contributed by atoms with Gasteiger partial charge in [-0.25, -0.2) is 9.67 Å². The number of carbonyl (C=O) groups is 1. The fourth-order valence-electron chi connectivity index (χ4n) is 4.77. The second-order valence-corrected chi connectivity index (χ2v) is 10.4. The zero-order valence-corrected chi connectivity index (χ0v) is 21.4. The minimum Gasteiger partial charge on any atom is -0.336 e. The van der Waals surface area contributed by atoms with Crippen LogP contribution in [0.5, 0.6) is 0 Å². The minimum absolute atomic E-state index is 0.0987. The summed E-state index contributed by atoms with van der Waals surface area (Å²) >= 11 is 12.2. The van der Waals surface area contributed by atoms with Gasteiger partial charge in [-0.15, -0.1) is 0 Å². The van der Waals surface area contributed by atoms with E-state index in [0.717, 1.165) is 85.4 Å². The summed E-state index contributed by atoms with van der Waals surface area (Å²) in [6, 6.07) is 7.82. The maximum Gasteiger partial charge on any atom is 0.254 e. The molecule has 1 saturated carbocycles. The van der Waals surface area contributed by atoms with Crippen molar-refractivity contribution in [2.24, 2.45) is 0 Å². The zero-order valence-electron chi connectivity index (χ0n) is 19.9. The fourth-order valence-corrected chi connectivity index (χ4v) is 5.09. The van der Waals surface area contributed by atoms with Crippen molar-refractivity contribution in [2.45, 2.75) is 58.5 Å². The summed E-state index contributed by atoms with van der Waals surface area (Å²) in [6.45, 7) is 8.86. The highest BCUT2D eigenvalue weighted by Gasteiger charge is 2.31. The van der Waals surface area contributed by atoms with E-state index in [-0.39, 0.29) is 5.91 Å². The predicted molar refractivity (Wildman–Crippen MR) is 137 cm³/mol. The van der Waals surface area contributed by atoms with Crippen LogP contribution in [0.15, 0.2) is 24.3 Å². The quantitative estimate of drug-likeness (QED) is 0.419. The van der Waals surface area contributed by atoms with Crippen LogP contribution in [0.1, 0.15) is 65.8 Å². The summed E-state index contributed by atoms with van der Waals surface area (Å²) < 4.78 is 2.01. The van der Waals surface area contributed by atoms with Gasteiger partial charge >= 0.3 is 0 Å². The molecule has 8 heteroatoms. The summed E-state index contributed by atoms with van der Waals surface area (Å²) in [5.41, 5.74) is 4.71. The molecule has 34 heavy (non-hydrogen) atoms. The molecule has 0 N–H and O–H groups in total. The number of pyridine rings is 1. The predicted octanol–water partition coefficient (Wildman–Crippen LogP) is 5.68. The van der Waals surface area contributed by atoms with Crippen LogP contribution in [0.4, 0.5) is 0 Å². The van der Waals surface area contributed by atoms with E-state index in [2.05, 4.69) is 11.8 Å². The molecule has 1 aliphatic heterocycles. The SMILES string of the molecule is CCCCn1nc(C)c2c(C(=O)N3CCN(Cc4ccc(Cl)c(Cl)c4)CC3)cc(C3CC3)nc21. The maximum absolute atomic E-state index is 13.7. The van der Waals surface area contributed by atoms with Gasteiger partial charge < -0.3 is 4.90 Å². The van der Waals surface area contributed by atoms with Crippen LogP contribution in [-0.2, 0) is 13.1 Å². The van der Waals surface area contributed by atoms with Crippen molar-refractivity contribution in [1.29, 1.82) is 0 Å². The summed E-state index contributed by atoms with van der Waals surface area (Å²) in [4.78, 5) is 23.1. The second kappa shape index (κ2) is 9.84. The first-order chi connectivity index (χ1) is 16.4. The van der Waals surface area contributed by atoms with Crippen molar-refractivity contribution in [3.63, 3.8) is 0 Å². The van der Waals surface area contributed by atoms with Crippen molar-refractivity contribution >= 4 is 40.1 Å². The first-order valence-corrected chi connectivity index (χ1v) is 13.0. The number of hydrogen-bond acceptors (Lipinski definition) is 4. The number of halogens is 2. The highest BCUT2D eigenvalue weighted by atomic mass is 35.5. The number of amides is 1. The van der Waals surface area contributed by atoms with Crippen molar-refractivity contribution in [2.75, 3.05) is 26.2 Å². The highest BCUT2D eigenvalue weighted by molar-refractivity contribution is 6.42. The molecule has 0 bridgehead atoms. The molecule has 0 unspecified atom stereocenters. The molecule has 0 spiro atoms. The lowest BCUT2D eigenvalue weighted by molar-refractivity contribution is 0.0630. The minimum atomic E-state index is 0.0987. The first-order valence-electron chi connectivity index (χ1n) is 12.3. The number of benzene rings is 1. The Morgan fingerprint density at radius 2 is 1.85 bits per heavy atom. The number of aromatic nitrogens is 3. The van der Waals surface area contributed by atoms with Gasteiger partial charge in [0.05, 0.1) is 26.7 Å². The molecule has 2 aliphatic rings. The van der Waals surface area contributed by atoms with E-state index >= 15 is 0 Å². The van der Waals surface area contributed by atoms with Crippen molar-refractivity contribution in [1.82, 2.24) is 24.6 Å². The van der Waals surface area contributed by atoms with E-state index in [1.165, 1.54) is 0 Å². The lowest BCUT2D eigenvalue weighted by atomic mass is 10.1. The number of aryl methyl sites for hydroxylation is 2. The Morgan fingerprint density at radius 3 is 2.53 bits per heavy atom. The van der Waals surface area contributed by atoms with E-state index in [0.29, 0.717) is 29.1 Å². The van der Waals surface area contributed by atoms with Crippen LogP contribution in [0.3, 0.4) is 0 Å². The molecule has 6 nitrogen and oxygen atoms in total. The maximum atomic E-state index is 13.7. The molecule has 3 aromatic rings. The summed E-state index contributed by atoms with van der Waals surface area (Å²) in [7, 11) is 0. The van der Waals surface area contributed by atoms with Gasteiger partial charge in [-0.3, -0.25) is 9.69 Å². The van der Waals surface area contributed by atoms with Gasteiger partial charge in [-0.2, -0.15) is 5.10 Å². The van der Waals surface area contributed by atoms with E-state index < -0.39 is 0 Å². The molecule has 180 valence electrons. The topological polar surface area (TPSA) is 54.3 Å². The Labute approximate surface area is 210 Å². The third kappa shape index (κ3) is 4.81. The van der Waals surface area contributed by atoms with Gasteiger partial charge in [0, 0.05) is 50.9 Å². The Morgan fingerprint density at radius 1 is 1.09 bits per heavy atom. The second-order valence-electron chi connectivity index (χ2n) is 9.55. The van der Waals surface area contributed by atoms with Crippen LogP contribution in [-0.4, -0.2) is 56.7 Å². The fraction of sp³-hybridized carbons (Fsp3) is 0.500. The molecular formula is C26H31Cl2N5O. The molecule has 1 amide bonds. The average molecular weight is 500 g/mol. The van der Waals surface area contributed by atoms with Crippen LogP contribution in [0.2, 0.25) is 10.0 Å². The first kappa shape index (κ1) is 23.6. The van der Waals surface area contributed by atoms with Gasteiger partial charge in [0.15, 0.2) is 5.65 Å². The van der Waals surface area contributed by atoms with Crippen molar-refractivity contribution in [3.8, 4) is 0 Å². The molecule has 2 aromatic heterocycles. The lowest BCUT2D eigenvalue weighted by Gasteiger charge is -2.35. The molecule has 1 aliphatic carbocycles. The highest BCUT2D eigenvalue weighted by Crippen LogP contribution is 2.40. The largest absolute Gasteiger partial charge is 0.336 e. The Balaban J connectivity index is 1.35. The normalized spacial score (nSPS) is 17.0. The number of carbonyl (C=O) groups excluding carboxylic acids is 1. The molecule has 0 radical (unpaired) electrons. The molecule has 0 atom stereocenters. The van der Waals surface area contributed by atoms with E-state index in [1.54, 1.807) is 0 Å². The lowest BCUT2D eigenvalue weighted by Crippen LogP contribution is -2.48. The Bertz CT molecular complexity index is 1210. The molecule has 5 rings (SSSR count). The van der Waals surface area contributed by atoms with E-state index in [1.807, 2.05) is 40.8 Å². The van der Waals surface area contributed by atoms with Gasteiger partial charge in [-0.05, 0) is 49.9 Å². The number of fused-ring (bicyclic) bond motifs is 1.